The molecule has 0 aromatic heterocycles. The number of ether oxygens (including phenoxy) is 3. The lowest BCUT2D eigenvalue weighted by Gasteiger charge is -2.27. The molecular formula is C23H27NO4. The number of likely N-dealkylation sites (tertiary alicyclic amines) is 1. The number of benzene rings is 2. The third-order valence-electron chi connectivity index (χ3n) is 6.09. The molecule has 2 aromatic rings. The first kappa shape index (κ1) is 18.7. The van der Waals surface area contributed by atoms with E-state index < -0.39 is 0 Å². The lowest BCUT2D eigenvalue weighted by atomic mass is 9.96. The standard InChI is InChI=1S/C23H27NO4/c1-14-15(2)28-22-17(14)7-5-8-19(22)23(25)24-12-6-9-20(24)18-11-10-16(26-3)13-21(18)27-4/h5,7-8,10-11,13-15,20H,6,9,12H2,1-4H3. The van der Waals surface area contributed by atoms with E-state index in [1.54, 1.807) is 14.2 Å². The van der Waals surface area contributed by atoms with Gasteiger partial charge in [0, 0.05) is 29.7 Å². The van der Waals surface area contributed by atoms with Gasteiger partial charge in [-0.15, -0.1) is 0 Å². The molecule has 2 heterocycles. The van der Waals surface area contributed by atoms with E-state index in [-0.39, 0.29) is 18.1 Å². The highest BCUT2D eigenvalue weighted by atomic mass is 16.5. The zero-order valence-electron chi connectivity index (χ0n) is 16.9. The van der Waals surface area contributed by atoms with Crippen molar-refractivity contribution >= 4 is 5.91 Å². The molecular weight excluding hydrogens is 354 g/mol. The smallest absolute Gasteiger partial charge is 0.258 e. The largest absolute Gasteiger partial charge is 0.497 e. The van der Waals surface area contributed by atoms with Crippen LogP contribution in [0.1, 0.15) is 60.1 Å². The van der Waals surface area contributed by atoms with Crippen LogP contribution in [0.2, 0.25) is 0 Å². The van der Waals surface area contributed by atoms with Crippen molar-refractivity contribution in [1.29, 1.82) is 0 Å². The van der Waals surface area contributed by atoms with E-state index in [2.05, 4.69) is 19.9 Å². The average Bonchev–Trinajstić information content (AvgIpc) is 3.32. The fourth-order valence-electron chi connectivity index (χ4n) is 4.34. The van der Waals surface area contributed by atoms with E-state index in [1.807, 2.05) is 35.2 Å². The van der Waals surface area contributed by atoms with Gasteiger partial charge >= 0.3 is 0 Å². The Balaban J connectivity index is 1.68. The van der Waals surface area contributed by atoms with Gasteiger partial charge in [-0.1, -0.05) is 19.1 Å². The zero-order chi connectivity index (χ0) is 19.8. The number of hydrogen-bond acceptors (Lipinski definition) is 4. The number of rotatable bonds is 4. The molecule has 0 bridgehead atoms. The summed E-state index contributed by atoms with van der Waals surface area (Å²) in [6.45, 7) is 4.93. The summed E-state index contributed by atoms with van der Waals surface area (Å²) in [6, 6.07) is 11.7. The molecule has 0 saturated carbocycles. The molecule has 2 aliphatic rings. The third-order valence-corrected chi connectivity index (χ3v) is 6.09. The van der Waals surface area contributed by atoms with Crippen LogP contribution in [0.25, 0.3) is 0 Å². The summed E-state index contributed by atoms with van der Waals surface area (Å²) in [5.74, 6) is 2.56. The molecule has 1 saturated heterocycles. The van der Waals surface area contributed by atoms with Gasteiger partial charge in [0.25, 0.3) is 5.91 Å². The van der Waals surface area contributed by atoms with Crippen molar-refractivity contribution < 1.29 is 19.0 Å². The van der Waals surface area contributed by atoms with Gasteiger partial charge in [0.1, 0.15) is 23.4 Å². The van der Waals surface area contributed by atoms with Crippen molar-refractivity contribution in [2.24, 2.45) is 0 Å². The molecule has 5 heteroatoms. The first-order chi connectivity index (χ1) is 13.5. The summed E-state index contributed by atoms with van der Waals surface area (Å²) in [7, 11) is 3.29. The van der Waals surface area contributed by atoms with Crippen LogP contribution in [0.4, 0.5) is 0 Å². The van der Waals surface area contributed by atoms with Gasteiger partial charge in [-0.3, -0.25) is 4.79 Å². The molecule has 3 atom stereocenters. The highest BCUT2D eigenvalue weighted by molar-refractivity contribution is 5.98. The van der Waals surface area contributed by atoms with Crippen LogP contribution in [0.5, 0.6) is 17.2 Å². The Labute approximate surface area is 166 Å². The second-order valence-corrected chi connectivity index (χ2v) is 7.60. The average molecular weight is 381 g/mol. The van der Waals surface area contributed by atoms with Crippen LogP contribution in [-0.2, 0) is 0 Å². The Bertz CT molecular complexity index is 894. The SMILES string of the molecule is COc1ccc(C2CCCN2C(=O)c2cccc3c2OC(C)C3C)c(OC)c1. The highest BCUT2D eigenvalue weighted by Gasteiger charge is 2.37. The van der Waals surface area contributed by atoms with Crippen LogP contribution in [-0.4, -0.2) is 37.7 Å². The Morgan fingerprint density at radius 1 is 1.11 bits per heavy atom. The minimum Gasteiger partial charge on any atom is -0.497 e. The molecule has 2 aliphatic heterocycles. The summed E-state index contributed by atoms with van der Waals surface area (Å²) >= 11 is 0. The topological polar surface area (TPSA) is 48.0 Å². The quantitative estimate of drug-likeness (QED) is 0.779. The second-order valence-electron chi connectivity index (χ2n) is 7.60. The number of nitrogens with zero attached hydrogens (tertiary/aromatic N) is 1. The van der Waals surface area contributed by atoms with Gasteiger partial charge in [0.05, 0.1) is 25.8 Å². The first-order valence-electron chi connectivity index (χ1n) is 9.87. The molecule has 0 spiro atoms. The Morgan fingerprint density at radius 2 is 1.93 bits per heavy atom. The summed E-state index contributed by atoms with van der Waals surface area (Å²) in [4.78, 5) is 15.5. The fraction of sp³-hybridized carbons (Fsp3) is 0.435. The summed E-state index contributed by atoms with van der Waals surface area (Å²) in [6.07, 6.45) is 1.96. The number of amides is 1. The monoisotopic (exact) mass is 381 g/mol. The molecule has 1 amide bonds. The Morgan fingerprint density at radius 3 is 2.68 bits per heavy atom. The van der Waals surface area contributed by atoms with Crippen molar-refractivity contribution in [3.63, 3.8) is 0 Å². The van der Waals surface area contributed by atoms with Gasteiger partial charge in [-0.25, -0.2) is 0 Å². The maximum Gasteiger partial charge on any atom is 0.258 e. The van der Waals surface area contributed by atoms with Gasteiger partial charge in [0.2, 0.25) is 0 Å². The van der Waals surface area contributed by atoms with Crippen molar-refractivity contribution in [2.45, 2.75) is 44.8 Å². The van der Waals surface area contributed by atoms with E-state index in [0.717, 1.165) is 47.8 Å². The van der Waals surface area contributed by atoms with Crippen molar-refractivity contribution in [2.75, 3.05) is 20.8 Å². The van der Waals surface area contributed by atoms with Crippen LogP contribution in [0, 0.1) is 0 Å². The summed E-state index contributed by atoms with van der Waals surface area (Å²) in [5.41, 5.74) is 2.80. The van der Waals surface area contributed by atoms with Crippen LogP contribution >= 0.6 is 0 Å². The van der Waals surface area contributed by atoms with Gasteiger partial charge in [0.15, 0.2) is 0 Å². The number of methoxy groups -OCH3 is 2. The summed E-state index contributed by atoms with van der Waals surface area (Å²) < 4.78 is 17.0. The van der Waals surface area contributed by atoms with Gasteiger partial charge < -0.3 is 19.1 Å². The molecule has 1 fully saturated rings. The summed E-state index contributed by atoms with van der Waals surface area (Å²) in [5, 5.41) is 0. The van der Waals surface area contributed by atoms with Crippen LogP contribution < -0.4 is 14.2 Å². The molecule has 0 radical (unpaired) electrons. The number of fused-ring (bicyclic) bond motifs is 1. The molecule has 28 heavy (non-hydrogen) atoms. The van der Waals surface area contributed by atoms with Gasteiger partial charge in [-0.2, -0.15) is 0 Å². The van der Waals surface area contributed by atoms with Gasteiger partial charge in [-0.05, 0) is 38.0 Å². The number of para-hydroxylation sites is 1. The van der Waals surface area contributed by atoms with Crippen LogP contribution in [0.15, 0.2) is 36.4 Å². The zero-order valence-corrected chi connectivity index (χ0v) is 16.9. The van der Waals surface area contributed by atoms with E-state index in [4.69, 9.17) is 14.2 Å². The molecule has 0 aliphatic carbocycles. The normalized spacial score (nSPS) is 23.3. The van der Waals surface area contributed by atoms with E-state index in [0.29, 0.717) is 11.5 Å². The maximum absolute atomic E-state index is 13.5. The van der Waals surface area contributed by atoms with E-state index in [9.17, 15) is 4.79 Å². The fourth-order valence-corrected chi connectivity index (χ4v) is 4.34. The Kier molecular flexibility index (Phi) is 4.92. The van der Waals surface area contributed by atoms with E-state index >= 15 is 0 Å². The van der Waals surface area contributed by atoms with Crippen molar-refractivity contribution in [1.82, 2.24) is 4.90 Å². The van der Waals surface area contributed by atoms with Crippen molar-refractivity contribution in [3.8, 4) is 17.2 Å². The lowest BCUT2D eigenvalue weighted by molar-refractivity contribution is 0.0729. The molecule has 148 valence electrons. The minimum atomic E-state index is -0.0135. The maximum atomic E-state index is 13.5. The highest BCUT2D eigenvalue weighted by Crippen LogP contribution is 2.43. The first-order valence-corrected chi connectivity index (χ1v) is 9.87. The number of hydrogen-bond donors (Lipinski definition) is 0. The number of carbonyl (C=O) groups excluding carboxylic acids is 1. The molecule has 0 N–H and O–H groups in total. The third kappa shape index (κ3) is 2.99. The van der Waals surface area contributed by atoms with Crippen molar-refractivity contribution in [3.05, 3.63) is 53.1 Å². The predicted molar refractivity (Wildman–Crippen MR) is 108 cm³/mol. The molecule has 2 aromatic carbocycles. The molecule has 4 rings (SSSR count). The molecule has 3 unspecified atom stereocenters. The predicted octanol–water partition coefficient (Wildman–Crippen LogP) is 4.57. The lowest BCUT2D eigenvalue weighted by Crippen LogP contribution is -2.31. The minimum absolute atomic E-state index is 0.0135. The number of carbonyl (C=O) groups is 1. The van der Waals surface area contributed by atoms with Crippen LogP contribution in [0.3, 0.4) is 0 Å². The second kappa shape index (κ2) is 7.38. The molecule has 5 nitrogen and oxygen atoms in total. The van der Waals surface area contributed by atoms with E-state index in [1.165, 1.54) is 0 Å². The Hall–Kier alpha value is -2.69.